The first-order valence-electron chi connectivity index (χ1n) is 13.3. The molecule has 0 saturated heterocycles. The normalized spacial score (nSPS) is 57.0. The van der Waals surface area contributed by atoms with Gasteiger partial charge < -0.3 is 5.11 Å². The zero-order valence-corrected chi connectivity index (χ0v) is 20.8. The minimum Gasteiger partial charge on any atom is -0.393 e. The van der Waals surface area contributed by atoms with Crippen LogP contribution in [0.1, 0.15) is 106 Å². The van der Waals surface area contributed by atoms with E-state index in [0.717, 1.165) is 36.0 Å². The standard InChI is InChI=1S/C29H48O/c1-18(2)19-10-14-27(5)15-11-21-20(25(19)27)8-9-23-28(21,6)16-12-22-26(3,4)24(30)13-17-29(22,23)7/h19-25,30H,1,8-17H2,2-7H3. The van der Waals surface area contributed by atoms with Crippen LogP contribution >= 0.6 is 0 Å². The predicted octanol–water partition coefficient (Wildman–Crippen LogP) is 7.63. The smallest absolute Gasteiger partial charge is 0.0594 e. The van der Waals surface area contributed by atoms with E-state index in [1.807, 2.05) is 0 Å². The first-order valence-corrected chi connectivity index (χ1v) is 13.3. The first-order chi connectivity index (χ1) is 13.9. The van der Waals surface area contributed by atoms with Crippen LogP contribution < -0.4 is 0 Å². The molecule has 5 rings (SSSR count). The molecule has 1 nitrogen and oxygen atoms in total. The predicted molar refractivity (Wildman–Crippen MR) is 126 cm³/mol. The highest BCUT2D eigenvalue weighted by Crippen LogP contribution is 2.73. The summed E-state index contributed by atoms with van der Waals surface area (Å²) in [6.07, 6.45) is 13.5. The SMILES string of the molecule is C=C(C)C1CCC2(C)CCC3C(CCC4C3(C)CCC3C(C)(C)C(O)CCC34C)C12. The van der Waals surface area contributed by atoms with Crippen molar-refractivity contribution in [3.63, 3.8) is 0 Å². The Balaban J connectivity index is 1.49. The van der Waals surface area contributed by atoms with Crippen molar-refractivity contribution in [3.05, 3.63) is 12.2 Å². The second kappa shape index (κ2) is 6.61. The summed E-state index contributed by atoms with van der Waals surface area (Å²) < 4.78 is 0. The molecule has 5 fully saturated rings. The molecule has 5 saturated carbocycles. The molecule has 0 heterocycles. The van der Waals surface area contributed by atoms with E-state index >= 15 is 0 Å². The third-order valence-corrected chi connectivity index (χ3v) is 12.6. The molecule has 10 atom stereocenters. The maximum Gasteiger partial charge on any atom is 0.0594 e. The highest BCUT2D eigenvalue weighted by Gasteiger charge is 2.66. The van der Waals surface area contributed by atoms with Crippen LogP contribution in [0.5, 0.6) is 0 Å². The van der Waals surface area contributed by atoms with Gasteiger partial charge in [0.2, 0.25) is 0 Å². The van der Waals surface area contributed by atoms with Crippen LogP contribution in [0, 0.1) is 57.2 Å². The Morgan fingerprint density at radius 2 is 1.43 bits per heavy atom. The summed E-state index contributed by atoms with van der Waals surface area (Å²) >= 11 is 0. The fourth-order valence-corrected chi connectivity index (χ4v) is 11.2. The fourth-order valence-electron chi connectivity index (χ4n) is 11.2. The van der Waals surface area contributed by atoms with Crippen molar-refractivity contribution < 1.29 is 5.11 Å². The third kappa shape index (κ3) is 2.63. The van der Waals surface area contributed by atoms with Gasteiger partial charge in [-0.25, -0.2) is 0 Å². The zero-order chi connectivity index (χ0) is 21.7. The molecular formula is C29H48O. The van der Waals surface area contributed by atoms with Gasteiger partial charge in [0, 0.05) is 0 Å². The Bertz CT molecular complexity index is 722. The molecule has 30 heavy (non-hydrogen) atoms. The Hall–Kier alpha value is -0.300. The Labute approximate surface area is 186 Å². The quantitative estimate of drug-likeness (QED) is 0.439. The molecule has 0 bridgehead atoms. The summed E-state index contributed by atoms with van der Waals surface area (Å²) in [5.41, 5.74) is 3.05. The van der Waals surface area contributed by atoms with Crippen LogP contribution in [0.3, 0.4) is 0 Å². The molecule has 0 aromatic rings. The summed E-state index contributed by atoms with van der Waals surface area (Å²) in [6.45, 7) is 19.5. The van der Waals surface area contributed by atoms with Crippen molar-refractivity contribution in [3.8, 4) is 0 Å². The molecule has 0 spiro atoms. The minimum atomic E-state index is -0.110. The van der Waals surface area contributed by atoms with E-state index in [1.54, 1.807) is 0 Å². The highest BCUT2D eigenvalue weighted by molar-refractivity contribution is 5.17. The van der Waals surface area contributed by atoms with Gasteiger partial charge in [-0.2, -0.15) is 0 Å². The Kier molecular flexibility index (Phi) is 4.75. The molecule has 0 aromatic carbocycles. The van der Waals surface area contributed by atoms with E-state index in [0.29, 0.717) is 22.2 Å². The Morgan fingerprint density at radius 1 is 0.767 bits per heavy atom. The lowest BCUT2D eigenvalue weighted by Gasteiger charge is -2.69. The molecule has 0 aliphatic heterocycles. The minimum absolute atomic E-state index is 0.0762. The first kappa shape index (κ1) is 21.5. The second-order valence-electron chi connectivity index (χ2n) is 14.1. The third-order valence-electron chi connectivity index (χ3n) is 12.6. The van der Waals surface area contributed by atoms with Crippen molar-refractivity contribution in [2.24, 2.45) is 57.2 Å². The van der Waals surface area contributed by atoms with Crippen molar-refractivity contribution in [1.82, 2.24) is 0 Å². The highest BCUT2D eigenvalue weighted by atomic mass is 16.3. The monoisotopic (exact) mass is 412 g/mol. The van der Waals surface area contributed by atoms with Gasteiger partial charge in [-0.05, 0) is 128 Å². The molecule has 0 amide bonds. The average molecular weight is 413 g/mol. The van der Waals surface area contributed by atoms with Crippen molar-refractivity contribution in [2.45, 2.75) is 112 Å². The molecular weight excluding hydrogens is 364 g/mol. The summed E-state index contributed by atoms with van der Waals surface area (Å²) in [6, 6.07) is 0. The number of rotatable bonds is 1. The van der Waals surface area contributed by atoms with Crippen molar-refractivity contribution >= 4 is 0 Å². The van der Waals surface area contributed by atoms with Gasteiger partial charge in [-0.15, -0.1) is 0 Å². The number of fused-ring (bicyclic) bond motifs is 7. The van der Waals surface area contributed by atoms with Crippen LogP contribution in [0.2, 0.25) is 0 Å². The summed E-state index contributed by atoms with van der Waals surface area (Å²) in [5.74, 6) is 5.05. The number of allylic oxidation sites excluding steroid dienone is 1. The molecule has 10 unspecified atom stereocenters. The van der Waals surface area contributed by atoms with Gasteiger partial charge in [-0.1, -0.05) is 46.8 Å². The molecule has 1 N–H and O–H groups in total. The maximum absolute atomic E-state index is 10.8. The summed E-state index contributed by atoms with van der Waals surface area (Å²) in [5, 5.41) is 10.8. The van der Waals surface area contributed by atoms with Crippen LogP contribution in [0.15, 0.2) is 12.2 Å². The van der Waals surface area contributed by atoms with Gasteiger partial charge in [-0.3, -0.25) is 0 Å². The number of hydrogen-bond donors (Lipinski definition) is 1. The fraction of sp³-hybridized carbons (Fsp3) is 0.931. The number of aliphatic hydroxyl groups is 1. The van der Waals surface area contributed by atoms with E-state index in [-0.39, 0.29) is 11.5 Å². The van der Waals surface area contributed by atoms with Crippen LogP contribution in [-0.2, 0) is 0 Å². The van der Waals surface area contributed by atoms with Gasteiger partial charge in [0.05, 0.1) is 6.10 Å². The molecule has 1 heteroatoms. The van der Waals surface area contributed by atoms with Crippen LogP contribution in [0.25, 0.3) is 0 Å². The van der Waals surface area contributed by atoms with Gasteiger partial charge >= 0.3 is 0 Å². The van der Waals surface area contributed by atoms with E-state index in [1.165, 1.54) is 63.4 Å². The lowest BCUT2D eigenvalue weighted by atomic mass is 9.36. The number of hydrogen-bond acceptors (Lipinski definition) is 1. The molecule has 0 radical (unpaired) electrons. The Morgan fingerprint density at radius 3 is 2.13 bits per heavy atom. The lowest BCUT2D eigenvalue weighted by Crippen LogP contribution is -2.63. The largest absolute Gasteiger partial charge is 0.393 e. The van der Waals surface area contributed by atoms with Gasteiger partial charge in [0.15, 0.2) is 0 Å². The van der Waals surface area contributed by atoms with Crippen molar-refractivity contribution in [2.75, 3.05) is 0 Å². The number of aliphatic hydroxyl groups excluding tert-OH is 1. The van der Waals surface area contributed by atoms with Gasteiger partial charge in [0.1, 0.15) is 0 Å². The maximum atomic E-state index is 10.8. The second-order valence-corrected chi connectivity index (χ2v) is 14.1. The van der Waals surface area contributed by atoms with E-state index in [9.17, 15) is 5.11 Å². The van der Waals surface area contributed by atoms with E-state index in [4.69, 9.17) is 0 Å². The van der Waals surface area contributed by atoms with Crippen LogP contribution in [-0.4, -0.2) is 11.2 Å². The summed E-state index contributed by atoms with van der Waals surface area (Å²) in [4.78, 5) is 0. The van der Waals surface area contributed by atoms with Crippen molar-refractivity contribution in [1.29, 1.82) is 0 Å². The topological polar surface area (TPSA) is 20.2 Å². The molecule has 0 aromatic heterocycles. The molecule has 5 aliphatic rings. The molecule has 170 valence electrons. The van der Waals surface area contributed by atoms with E-state index < -0.39 is 0 Å². The van der Waals surface area contributed by atoms with E-state index in [2.05, 4.69) is 48.1 Å². The summed E-state index contributed by atoms with van der Waals surface area (Å²) in [7, 11) is 0. The van der Waals surface area contributed by atoms with Crippen LogP contribution in [0.4, 0.5) is 0 Å². The van der Waals surface area contributed by atoms with Gasteiger partial charge in [0.25, 0.3) is 0 Å². The lowest BCUT2D eigenvalue weighted by molar-refractivity contribution is -0.215. The zero-order valence-electron chi connectivity index (χ0n) is 20.8. The molecule has 5 aliphatic carbocycles. The average Bonchev–Trinajstić information content (AvgIpc) is 3.03.